The monoisotopic (exact) mass is 411 g/mol. The van der Waals surface area contributed by atoms with Gasteiger partial charge in [0.05, 0.1) is 11.1 Å². The first-order valence-electron chi connectivity index (χ1n) is 10.00. The maximum atomic E-state index is 12.5. The van der Waals surface area contributed by atoms with E-state index in [0.717, 1.165) is 12.1 Å². The van der Waals surface area contributed by atoms with Crippen LogP contribution in [0.25, 0.3) is 0 Å². The Hall–Kier alpha value is -2.38. The molecule has 6 nitrogen and oxygen atoms in total. The molecule has 1 aromatic heterocycles. The number of imide groups is 1. The summed E-state index contributed by atoms with van der Waals surface area (Å²) < 4.78 is 6.22. The van der Waals surface area contributed by atoms with Crippen molar-refractivity contribution in [2.75, 3.05) is 13.2 Å². The lowest BCUT2D eigenvalue weighted by molar-refractivity contribution is 0.0655. The van der Waals surface area contributed by atoms with Crippen LogP contribution in [0.5, 0.6) is 0 Å². The van der Waals surface area contributed by atoms with Crippen LogP contribution < -0.4 is 0 Å². The molecular weight excluding hydrogens is 382 g/mol. The van der Waals surface area contributed by atoms with Gasteiger partial charge in [0.2, 0.25) is 0 Å². The smallest absolute Gasteiger partial charge is 0.261 e. The van der Waals surface area contributed by atoms with Gasteiger partial charge in [-0.3, -0.25) is 14.5 Å². The Kier molecular flexibility index (Phi) is 6.00. The normalized spacial score (nSPS) is 14.4. The molecule has 0 fully saturated rings. The summed E-state index contributed by atoms with van der Waals surface area (Å²) in [5.41, 5.74) is 1.85. The maximum absolute atomic E-state index is 12.5. The van der Waals surface area contributed by atoms with E-state index in [9.17, 15) is 9.59 Å². The standard InChI is InChI=1S/C22H29N3O3Si/c1-22(2,3)29(4,5)28-15-12-16-10-13-23-19(24-16)11-14-25-20(26)17-8-6-7-9-18(17)21(25)27/h6-10,13H,11-12,14-15H2,1-5H3. The fourth-order valence-corrected chi connectivity index (χ4v) is 4.03. The summed E-state index contributed by atoms with van der Waals surface area (Å²) in [6, 6.07) is 8.81. The van der Waals surface area contributed by atoms with E-state index in [0.29, 0.717) is 30.0 Å². The lowest BCUT2D eigenvalue weighted by Crippen LogP contribution is -2.41. The van der Waals surface area contributed by atoms with Gasteiger partial charge in [0.1, 0.15) is 5.82 Å². The predicted molar refractivity (Wildman–Crippen MR) is 114 cm³/mol. The number of aromatic nitrogens is 2. The molecule has 29 heavy (non-hydrogen) atoms. The zero-order valence-corrected chi connectivity index (χ0v) is 18.9. The molecule has 7 heteroatoms. The SMILES string of the molecule is CC(C)(C)[Si](C)(C)OCCc1ccnc(CCN2C(=O)c3ccccc3C2=O)n1. The summed E-state index contributed by atoms with van der Waals surface area (Å²) in [5.74, 6) is 0.139. The molecule has 0 atom stereocenters. The number of fused-ring (bicyclic) bond motifs is 1. The Morgan fingerprint density at radius 3 is 2.21 bits per heavy atom. The number of nitrogens with zero attached hydrogens (tertiary/aromatic N) is 3. The topological polar surface area (TPSA) is 72.4 Å². The van der Waals surface area contributed by atoms with Crippen LogP contribution in [0.3, 0.4) is 0 Å². The zero-order chi connectivity index (χ0) is 21.2. The van der Waals surface area contributed by atoms with Crippen molar-refractivity contribution in [3.63, 3.8) is 0 Å². The molecule has 1 aliphatic rings. The number of carbonyl (C=O) groups excluding carboxylic acids is 2. The van der Waals surface area contributed by atoms with Gasteiger partial charge in [-0.25, -0.2) is 9.97 Å². The van der Waals surface area contributed by atoms with Crippen molar-refractivity contribution in [2.45, 2.75) is 51.7 Å². The summed E-state index contributed by atoms with van der Waals surface area (Å²) in [6.07, 6.45) is 2.88. The first kappa shape index (κ1) is 21.3. The Morgan fingerprint density at radius 2 is 1.62 bits per heavy atom. The van der Waals surface area contributed by atoms with Gasteiger partial charge in [-0.2, -0.15) is 0 Å². The van der Waals surface area contributed by atoms with Gasteiger partial charge in [0, 0.05) is 37.9 Å². The molecular formula is C22H29N3O3Si. The van der Waals surface area contributed by atoms with E-state index in [4.69, 9.17) is 4.43 Å². The first-order chi connectivity index (χ1) is 13.6. The number of rotatable bonds is 7. The molecule has 154 valence electrons. The minimum atomic E-state index is -1.78. The number of hydrogen-bond donors (Lipinski definition) is 0. The molecule has 2 aromatic rings. The molecule has 1 aliphatic heterocycles. The average Bonchev–Trinajstić information content (AvgIpc) is 2.90. The molecule has 0 spiro atoms. The Balaban J connectivity index is 1.57. The molecule has 0 saturated carbocycles. The number of carbonyl (C=O) groups is 2. The Morgan fingerprint density at radius 1 is 1.00 bits per heavy atom. The largest absolute Gasteiger partial charge is 0.416 e. The molecule has 3 rings (SSSR count). The van der Waals surface area contributed by atoms with Gasteiger partial charge in [-0.05, 0) is 36.3 Å². The van der Waals surface area contributed by atoms with Crippen molar-refractivity contribution < 1.29 is 14.0 Å². The summed E-state index contributed by atoms with van der Waals surface area (Å²) in [7, 11) is -1.78. The highest BCUT2D eigenvalue weighted by Gasteiger charge is 2.37. The van der Waals surface area contributed by atoms with Gasteiger partial charge >= 0.3 is 0 Å². The highest BCUT2D eigenvalue weighted by atomic mass is 28.4. The summed E-state index contributed by atoms with van der Waals surface area (Å²) in [5, 5.41) is 0.177. The van der Waals surface area contributed by atoms with Crippen LogP contribution in [-0.2, 0) is 17.3 Å². The molecule has 0 aliphatic carbocycles. The quantitative estimate of drug-likeness (QED) is 0.511. The van der Waals surface area contributed by atoms with Crippen LogP contribution in [0.4, 0.5) is 0 Å². The van der Waals surface area contributed by atoms with E-state index in [1.165, 1.54) is 4.90 Å². The van der Waals surface area contributed by atoms with E-state index in [-0.39, 0.29) is 23.4 Å². The lowest BCUT2D eigenvalue weighted by Gasteiger charge is -2.36. The molecule has 0 radical (unpaired) electrons. The molecule has 2 heterocycles. The molecule has 1 aromatic carbocycles. The van der Waals surface area contributed by atoms with Crippen molar-refractivity contribution >= 4 is 20.1 Å². The second kappa shape index (κ2) is 8.16. The Labute approximate surface area is 173 Å². The van der Waals surface area contributed by atoms with Crippen LogP contribution in [-0.4, -0.2) is 48.2 Å². The van der Waals surface area contributed by atoms with E-state index in [2.05, 4.69) is 43.8 Å². The van der Waals surface area contributed by atoms with Crippen molar-refractivity contribution in [2.24, 2.45) is 0 Å². The predicted octanol–water partition coefficient (Wildman–Crippen LogP) is 3.88. The van der Waals surface area contributed by atoms with E-state index in [1.54, 1.807) is 30.5 Å². The molecule has 0 N–H and O–H groups in total. The van der Waals surface area contributed by atoms with E-state index >= 15 is 0 Å². The van der Waals surface area contributed by atoms with E-state index in [1.807, 2.05) is 6.07 Å². The minimum absolute atomic E-state index is 0.177. The van der Waals surface area contributed by atoms with Crippen LogP contribution >= 0.6 is 0 Å². The molecule has 0 saturated heterocycles. The Bertz CT molecular complexity index is 887. The maximum Gasteiger partial charge on any atom is 0.261 e. The van der Waals surface area contributed by atoms with Gasteiger partial charge in [-0.15, -0.1) is 0 Å². The first-order valence-corrected chi connectivity index (χ1v) is 12.9. The number of benzene rings is 1. The third kappa shape index (κ3) is 4.62. The van der Waals surface area contributed by atoms with Crippen LogP contribution in [0, 0.1) is 0 Å². The highest BCUT2D eigenvalue weighted by Crippen LogP contribution is 2.36. The van der Waals surface area contributed by atoms with Crippen LogP contribution in [0.15, 0.2) is 36.5 Å². The van der Waals surface area contributed by atoms with E-state index < -0.39 is 8.32 Å². The molecule has 0 bridgehead atoms. The third-order valence-electron chi connectivity index (χ3n) is 5.83. The molecule has 0 unspecified atom stereocenters. The fraction of sp³-hybridized carbons (Fsp3) is 0.455. The minimum Gasteiger partial charge on any atom is -0.416 e. The van der Waals surface area contributed by atoms with Gasteiger partial charge in [0.25, 0.3) is 11.8 Å². The van der Waals surface area contributed by atoms with Gasteiger partial charge in [0.15, 0.2) is 8.32 Å². The van der Waals surface area contributed by atoms with Crippen molar-refractivity contribution in [1.82, 2.24) is 14.9 Å². The summed E-state index contributed by atoms with van der Waals surface area (Å²) >= 11 is 0. The number of amides is 2. The third-order valence-corrected chi connectivity index (χ3v) is 10.4. The van der Waals surface area contributed by atoms with Crippen LogP contribution in [0.2, 0.25) is 18.1 Å². The fourth-order valence-electron chi connectivity index (χ4n) is 2.98. The van der Waals surface area contributed by atoms with Gasteiger partial charge in [-0.1, -0.05) is 32.9 Å². The zero-order valence-electron chi connectivity index (χ0n) is 17.9. The van der Waals surface area contributed by atoms with Gasteiger partial charge < -0.3 is 4.43 Å². The molecule has 2 amide bonds. The summed E-state index contributed by atoms with van der Waals surface area (Å²) in [6.45, 7) is 12.0. The second-order valence-corrected chi connectivity index (χ2v) is 13.7. The van der Waals surface area contributed by atoms with Crippen molar-refractivity contribution in [3.8, 4) is 0 Å². The summed E-state index contributed by atoms with van der Waals surface area (Å²) in [4.78, 5) is 35.1. The van der Waals surface area contributed by atoms with Crippen molar-refractivity contribution in [3.05, 3.63) is 59.2 Å². The van der Waals surface area contributed by atoms with Crippen LogP contribution in [0.1, 0.15) is 53.0 Å². The van der Waals surface area contributed by atoms with Crippen molar-refractivity contribution in [1.29, 1.82) is 0 Å². The number of hydrogen-bond acceptors (Lipinski definition) is 5. The highest BCUT2D eigenvalue weighted by molar-refractivity contribution is 6.74. The second-order valence-electron chi connectivity index (χ2n) is 8.88. The lowest BCUT2D eigenvalue weighted by atomic mass is 10.1. The average molecular weight is 412 g/mol.